The van der Waals surface area contributed by atoms with Crippen LogP contribution in [0.4, 0.5) is 14.9 Å². The molecule has 0 bridgehead atoms. The van der Waals surface area contributed by atoms with Crippen molar-refractivity contribution in [2.24, 2.45) is 0 Å². The van der Waals surface area contributed by atoms with E-state index in [2.05, 4.69) is 5.32 Å². The van der Waals surface area contributed by atoms with E-state index in [0.717, 1.165) is 38.1 Å². The van der Waals surface area contributed by atoms with E-state index in [0.29, 0.717) is 0 Å². The van der Waals surface area contributed by atoms with Crippen molar-refractivity contribution >= 4 is 52.3 Å². The van der Waals surface area contributed by atoms with Crippen LogP contribution in [-0.2, 0) is 9.59 Å². The predicted molar refractivity (Wildman–Crippen MR) is 125 cm³/mol. The molecule has 160 valence electrons. The Morgan fingerprint density at radius 2 is 1.69 bits per heavy atom. The molecule has 1 aliphatic rings. The third kappa shape index (κ3) is 5.46. The number of amides is 3. The van der Waals surface area contributed by atoms with Crippen LogP contribution in [0.2, 0.25) is 0 Å². The zero-order valence-electron chi connectivity index (χ0n) is 16.7. The van der Waals surface area contributed by atoms with Gasteiger partial charge in [-0.15, -0.1) is 0 Å². The second-order valence-electron chi connectivity index (χ2n) is 6.81. The van der Waals surface area contributed by atoms with Crippen molar-refractivity contribution in [1.29, 1.82) is 0 Å². The summed E-state index contributed by atoms with van der Waals surface area (Å²) in [4.78, 5) is 40.4. The Labute approximate surface area is 192 Å². The first-order chi connectivity index (χ1) is 15.5. The van der Waals surface area contributed by atoms with Gasteiger partial charge in [0.05, 0.1) is 4.91 Å². The van der Waals surface area contributed by atoms with Gasteiger partial charge in [-0.2, -0.15) is 0 Å². The summed E-state index contributed by atoms with van der Waals surface area (Å²) in [5.74, 6) is -1.61. The van der Waals surface area contributed by atoms with Gasteiger partial charge >= 0.3 is 0 Å². The zero-order chi connectivity index (χ0) is 22.5. The van der Waals surface area contributed by atoms with E-state index in [1.807, 2.05) is 54.6 Å². The van der Waals surface area contributed by atoms with E-state index in [4.69, 9.17) is 0 Å². The molecule has 0 radical (unpaired) electrons. The fourth-order valence-corrected chi connectivity index (χ4v) is 4.63. The molecule has 32 heavy (non-hydrogen) atoms. The van der Waals surface area contributed by atoms with Crippen LogP contribution in [0.3, 0.4) is 0 Å². The lowest BCUT2D eigenvalue weighted by Gasteiger charge is -2.12. The van der Waals surface area contributed by atoms with Crippen molar-refractivity contribution in [3.05, 3.63) is 95.1 Å². The van der Waals surface area contributed by atoms with Crippen LogP contribution in [-0.4, -0.2) is 28.5 Å². The van der Waals surface area contributed by atoms with Crippen LogP contribution >= 0.6 is 23.5 Å². The Morgan fingerprint density at radius 1 is 0.969 bits per heavy atom. The molecule has 1 aliphatic heterocycles. The number of benzene rings is 3. The van der Waals surface area contributed by atoms with E-state index < -0.39 is 29.4 Å². The van der Waals surface area contributed by atoms with Crippen LogP contribution in [0.15, 0.2) is 93.6 Å². The summed E-state index contributed by atoms with van der Waals surface area (Å²) in [6.07, 6.45) is 1.63. The lowest BCUT2D eigenvalue weighted by atomic mass is 10.2. The van der Waals surface area contributed by atoms with Crippen LogP contribution in [0.1, 0.15) is 5.56 Å². The molecule has 0 saturated carbocycles. The highest BCUT2D eigenvalue weighted by atomic mass is 32.2. The van der Waals surface area contributed by atoms with Crippen LogP contribution in [0.5, 0.6) is 0 Å². The van der Waals surface area contributed by atoms with Crippen molar-refractivity contribution in [3.8, 4) is 0 Å². The Hall–Kier alpha value is -3.36. The van der Waals surface area contributed by atoms with Gasteiger partial charge in [0, 0.05) is 15.5 Å². The molecule has 0 aromatic heterocycles. The van der Waals surface area contributed by atoms with Gasteiger partial charge in [-0.1, -0.05) is 48.2 Å². The van der Waals surface area contributed by atoms with Crippen molar-refractivity contribution in [2.75, 3.05) is 11.9 Å². The van der Waals surface area contributed by atoms with Gasteiger partial charge in [-0.25, -0.2) is 4.39 Å². The number of carbonyl (C=O) groups is 3. The van der Waals surface area contributed by atoms with Gasteiger partial charge in [0.15, 0.2) is 0 Å². The Morgan fingerprint density at radius 3 is 2.41 bits per heavy atom. The molecular weight excluding hydrogens is 447 g/mol. The number of carbonyl (C=O) groups excluding carboxylic acids is 3. The average molecular weight is 465 g/mol. The van der Waals surface area contributed by atoms with E-state index in [1.54, 1.807) is 17.8 Å². The highest BCUT2D eigenvalue weighted by Crippen LogP contribution is 2.33. The second kappa shape index (κ2) is 9.84. The highest BCUT2D eigenvalue weighted by Gasteiger charge is 2.36. The number of hydrogen-bond donors (Lipinski definition) is 1. The van der Waals surface area contributed by atoms with Gasteiger partial charge in [0.1, 0.15) is 12.4 Å². The number of thioether (sulfide) groups is 1. The van der Waals surface area contributed by atoms with E-state index in [1.165, 1.54) is 18.2 Å². The zero-order valence-corrected chi connectivity index (χ0v) is 18.3. The fourth-order valence-electron chi connectivity index (χ4n) is 2.95. The molecule has 0 atom stereocenters. The molecule has 1 fully saturated rings. The number of hydrogen-bond acceptors (Lipinski definition) is 5. The molecule has 1 saturated heterocycles. The monoisotopic (exact) mass is 464 g/mol. The fraction of sp³-hybridized carbons (Fsp3) is 0.0417. The maximum Gasteiger partial charge on any atom is 0.294 e. The lowest BCUT2D eigenvalue weighted by molar-refractivity contribution is -0.127. The minimum absolute atomic E-state index is 0.247. The average Bonchev–Trinajstić information content (AvgIpc) is 3.03. The summed E-state index contributed by atoms with van der Waals surface area (Å²) >= 11 is 2.41. The van der Waals surface area contributed by atoms with Crippen molar-refractivity contribution in [1.82, 2.24) is 4.90 Å². The smallest absolute Gasteiger partial charge is 0.294 e. The number of rotatable bonds is 6. The van der Waals surface area contributed by atoms with Gasteiger partial charge in [0.2, 0.25) is 5.91 Å². The summed E-state index contributed by atoms with van der Waals surface area (Å²) in [5, 5.41) is 1.96. The summed E-state index contributed by atoms with van der Waals surface area (Å²) in [5.41, 5.74) is 1.03. The Kier molecular flexibility index (Phi) is 6.72. The summed E-state index contributed by atoms with van der Waals surface area (Å²) in [7, 11) is 0. The maximum absolute atomic E-state index is 13.3. The lowest BCUT2D eigenvalue weighted by Crippen LogP contribution is -2.36. The van der Waals surface area contributed by atoms with Gasteiger partial charge in [-0.05, 0) is 65.9 Å². The Balaban J connectivity index is 1.40. The number of nitrogens with one attached hydrogen (secondary N) is 1. The van der Waals surface area contributed by atoms with Crippen LogP contribution in [0.25, 0.3) is 6.08 Å². The molecule has 0 unspecified atom stereocenters. The molecule has 1 N–H and O–H groups in total. The first kappa shape index (κ1) is 21.9. The van der Waals surface area contributed by atoms with E-state index >= 15 is 0 Å². The molecule has 3 aromatic rings. The van der Waals surface area contributed by atoms with Crippen molar-refractivity contribution in [3.63, 3.8) is 0 Å². The third-order valence-corrected chi connectivity index (χ3v) is 6.36. The Bertz CT molecular complexity index is 1200. The molecule has 3 amide bonds. The normalized spacial score (nSPS) is 14.8. The van der Waals surface area contributed by atoms with Crippen molar-refractivity contribution in [2.45, 2.75) is 9.79 Å². The SMILES string of the molecule is O=C(CN1C(=O)S/C(=C/c2ccc(Sc3ccccc3)cc2)C1=O)Nc1cccc(F)c1. The number of anilines is 1. The van der Waals surface area contributed by atoms with E-state index in [-0.39, 0.29) is 10.6 Å². The number of nitrogens with zero attached hydrogens (tertiary/aromatic N) is 1. The quantitative estimate of drug-likeness (QED) is 0.478. The molecule has 3 aromatic carbocycles. The second-order valence-corrected chi connectivity index (χ2v) is 8.95. The minimum Gasteiger partial charge on any atom is -0.324 e. The molecule has 8 heteroatoms. The molecule has 1 heterocycles. The van der Waals surface area contributed by atoms with Gasteiger partial charge in [-0.3, -0.25) is 19.3 Å². The van der Waals surface area contributed by atoms with Gasteiger partial charge in [0.25, 0.3) is 11.1 Å². The van der Waals surface area contributed by atoms with Crippen molar-refractivity contribution < 1.29 is 18.8 Å². The largest absolute Gasteiger partial charge is 0.324 e. The molecular formula is C24H17FN2O3S2. The van der Waals surface area contributed by atoms with Crippen LogP contribution in [0, 0.1) is 5.82 Å². The van der Waals surface area contributed by atoms with Gasteiger partial charge < -0.3 is 5.32 Å². The summed E-state index contributed by atoms with van der Waals surface area (Å²) in [6, 6.07) is 23.0. The molecule has 0 aliphatic carbocycles. The highest BCUT2D eigenvalue weighted by molar-refractivity contribution is 8.18. The number of imide groups is 1. The summed E-state index contributed by atoms with van der Waals surface area (Å²) in [6.45, 7) is -0.439. The number of halogens is 1. The topological polar surface area (TPSA) is 66.5 Å². The molecule has 4 rings (SSSR count). The van der Waals surface area contributed by atoms with E-state index in [9.17, 15) is 18.8 Å². The standard InChI is InChI=1S/C24H17FN2O3S2/c25-17-5-4-6-18(14-17)26-22(28)15-27-23(29)21(32-24(27)30)13-16-9-11-20(12-10-16)31-19-7-2-1-3-8-19/h1-14H,15H2,(H,26,28)/b21-13+. The van der Waals surface area contributed by atoms with Crippen LogP contribution < -0.4 is 5.32 Å². The maximum atomic E-state index is 13.3. The third-order valence-electron chi connectivity index (χ3n) is 4.44. The first-order valence-corrected chi connectivity index (χ1v) is 11.2. The molecule has 0 spiro atoms. The molecule has 5 nitrogen and oxygen atoms in total. The minimum atomic E-state index is -0.582. The summed E-state index contributed by atoms with van der Waals surface area (Å²) < 4.78 is 13.3. The predicted octanol–water partition coefficient (Wildman–Crippen LogP) is 5.65. The first-order valence-electron chi connectivity index (χ1n) is 9.62.